The molecule has 0 aliphatic heterocycles. The minimum atomic E-state index is 0.687. The fourth-order valence-corrected chi connectivity index (χ4v) is 3.51. The highest BCUT2D eigenvalue weighted by molar-refractivity contribution is 7.98. The predicted octanol–water partition coefficient (Wildman–Crippen LogP) is 3.92. The first-order valence-electron chi connectivity index (χ1n) is 5.31. The Balaban J connectivity index is 1.76. The molecule has 1 aromatic carbocycles. The molecule has 0 spiro atoms. The van der Waals surface area contributed by atoms with Gasteiger partial charge in [0.05, 0.1) is 10.7 Å². The number of thiazole rings is 1. The topological polar surface area (TPSA) is 43.3 Å². The molecule has 2 N–H and O–H groups in total. The van der Waals surface area contributed by atoms with Gasteiger partial charge in [-0.2, -0.15) is 0 Å². The zero-order chi connectivity index (χ0) is 12.5. The number of imidazole rings is 1. The number of nitrogens with two attached hydrogens (primary N) is 1. The second-order valence-corrected chi connectivity index (χ2v) is 6.10. The maximum absolute atomic E-state index is 6.13. The molecule has 0 aliphatic rings. The third-order valence-corrected chi connectivity index (χ3v) is 4.78. The van der Waals surface area contributed by atoms with E-state index >= 15 is 0 Å². The number of fused-ring (bicyclic) bond motifs is 1. The Hall–Kier alpha value is -1.17. The number of thioether (sulfide) groups is 1. The smallest absolute Gasteiger partial charge is 0.193 e. The normalized spacial score (nSPS) is 11.2. The molecular formula is C12H10ClN3S2. The van der Waals surface area contributed by atoms with Gasteiger partial charge in [0.1, 0.15) is 0 Å². The van der Waals surface area contributed by atoms with E-state index in [0.717, 1.165) is 21.3 Å². The molecule has 0 bridgehead atoms. The van der Waals surface area contributed by atoms with E-state index in [2.05, 4.69) is 4.98 Å². The van der Waals surface area contributed by atoms with E-state index in [0.29, 0.717) is 10.7 Å². The second-order valence-electron chi connectivity index (χ2n) is 3.80. The van der Waals surface area contributed by atoms with Crippen molar-refractivity contribution in [1.82, 2.24) is 9.38 Å². The minimum absolute atomic E-state index is 0.687. The molecule has 92 valence electrons. The zero-order valence-electron chi connectivity index (χ0n) is 9.34. The van der Waals surface area contributed by atoms with Gasteiger partial charge in [-0.3, -0.25) is 4.40 Å². The van der Waals surface area contributed by atoms with E-state index in [1.165, 1.54) is 0 Å². The molecule has 0 radical (unpaired) electrons. The lowest BCUT2D eigenvalue weighted by atomic mass is 10.3. The van der Waals surface area contributed by atoms with Crippen LogP contribution in [0.2, 0.25) is 5.02 Å². The van der Waals surface area contributed by atoms with Crippen LogP contribution in [0, 0.1) is 0 Å². The Bertz CT molecular complexity index is 661. The summed E-state index contributed by atoms with van der Waals surface area (Å²) in [5.41, 5.74) is 7.41. The van der Waals surface area contributed by atoms with Crippen LogP contribution in [0.3, 0.4) is 0 Å². The quantitative estimate of drug-likeness (QED) is 0.588. The predicted molar refractivity (Wildman–Crippen MR) is 78.5 cm³/mol. The maximum atomic E-state index is 6.13. The Labute approximate surface area is 118 Å². The summed E-state index contributed by atoms with van der Waals surface area (Å²) in [6.07, 6.45) is 4.06. The third-order valence-electron chi connectivity index (χ3n) is 2.47. The van der Waals surface area contributed by atoms with E-state index < -0.39 is 0 Å². The van der Waals surface area contributed by atoms with Gasteiger partial charge in [-0.1, -0.05) is 11.6 Å². The van der Waals surface area contributed by atoms with E-state index in [9.17, 15) is 0 Å². The molecule has 18 heavy (non-hydrogen) atoms. The Morgan fingerprint density at radius 1 is 1.44 bits per heavy atom. The van der Waals surface area contributed by atoms with Crippen LogP contribution in [-0.4, -0.2) is 9.38 Å². The highest BCUT2D eigenvalue weighted by Crippen LogP contribution is 2.31. The Morgan fingerprint density at radius 2 is 2.33 bits per heavy atom. The molecule has 2 heterocycles. The van der Waals surface area contributed by atoms with E-state index in [1.54, 1.807) is 29.2 Å². The van der Waals surface area contributed by atoms with Crippen molar-refractivity contribution < 1.29 is 0 Å². The average Bonchev–Trinajstić information content (AvgIpc) is 2.88. The van der Waals surface area contributed by atoms with Crippen molar-refractivity contribution in [2.45, 2.75) is 10.6 Å². The number of hydrogen-bond acceptors (Lipinski definition) is 4. The summed E-state index contributed by atoms with van der Waals surface area (Å²) >= 11 is 9.43. The van der Waals surface area contributed by atoms with Crippen molar-refractivity contribution in [2.24, 2.45) is 0 Å². The largest absolute Gasteiger partial charge is 0.399 e. The number of halogens is 1. The van der Waals surface area contributed by atoms with Gasteiger partial charge >= 0.3 is 0 Å². The van der Waals surface area contributed by atoms with Crippen molar-refractivity contribution in [2.75, 3.05) is 5.73 Å². The van der Waals surface area contributed by atoms with Crippen molar-refractivity contribution in [3.8, 4) is 0 Å². The van der Waals surface area contributed by atoms with Crippen LogP contribution in [0.5, 0.6) is 0 Å². The summed E-state index contributed by atoms with van der Waals surface area (Å²) in [5, 5.41) is 2.72. The minimum Gasteiger partial charge on any atom is -0.399 e. The fourth-order valence-electron chi connectivity index (χ4n) is 1.63. The number of aromatic nitrogens is 2. The molecular weight excluding hydrogens is 286 g/mol. The molecule has 0 atom stereocenters. The molecule has 3 aromatic rings. The average molecular weight is 296 g/mol. The first kappa shape index (κ1) is 11.9. The molecule has 6 heteroatoms. The van der Waals surface area contributed by atoms with Crippen LogP contribution < -0.4 is 5.73 Å². The van der Waals surface area contributed by atoms with Gasteiger partial charge in [-0.05, 0) is 18.2 Å². The Morgan fingerprint density at radius 3 is 3.11 bits per heavy atom. The SMILES string of the molecule is Nc1ccc(SCc2cn3ccsc3n2)c(Cl)c1. The summed E-state index contributed by atoms with van der Waals surface area (Å²) in [7, 11) is 0. The third kappa shape index (κ3) is 2.34. The lowest BCUT2D eigenvalue weighted by Crippen LogP contribution is -1.85. The molecule has 0 amide bonds. The summed E-state index contributed by atoms with van der Waals surface area (Å²) < 4.78 is 2.03. The van der Waals surface area contributed by atoms with Gasteiger partial charge < -0.3 is 5.73 Å². The lowest BCUT2D eigenvalue weighted by Gasteiger charge is -2.03. The molecule has 0 aliphatic carbocycles. The molecule has 3 nitrogen and oxygen atoms in total. The van der Waals surface area contributed by atoms with Crippen molar-refractivity contribution in [3.63, 3.8) is 0 Å². The number of nitrogen functional groups attached to an aromatic ring is 1. The molecule has 3 rings (SSSR count). The monoisotopic (exact) mass is 295 g/mol. The molecule has 0 saturated carbocycles. The van der Waals surface area contributed by atoms with Crippen molar-refractivity contribution in [3.05, 3.63) is 46.7 Å². The zero-order valence-corrected chi connectivity index (χ0v) is 11.7. The van der Waals surface area contributed by atoms with Gasteiger partial charge in [0.2, 0.25) is 0 Å². The van der Waals surface area contributed by atoms with Crippen LogP contribution in [0.1, 0.15) is 5.69 Å². The maximum Gasteiger partial charge on any atom is 0.193 e. The van der Waals surface area contributed by atoms with Crippen LogP contribution in [0.15, 0.2) is 40.9 Å². The number of rotatable bonds is 3. The molecule has 2 aromatic heterocycles. The number of anilines is 1. The summed E-state index contributed by atoms with van der Waals surface area (Å²) in [6, 6.07) is 5.58. The first-order chi connectivity index (χ1) is 8.72. The number of hydrogen-bond donors (Lipinski definition) is 1. The van der Waals surface area contributed by atoms with E-state index in [-0.39, 0.29) is 0 Å². The van der Waals surface area contributed by atoms with Crippen LogP contribution in [0.25, 0.3) is 4.96 Å². The van der Waals surface area contributed by atoms with E-state index in [1.807, 2.05) is 34.3 Å². The highest BCUT2D eigenvalue weighted by Gasteiger charge is 2.06. The molecule has 0 unspecified atom stereocenters. The van der Waals surface area contributed by atoms with E-state index in [4.69, 9.17) is 17.3 Å². The van der Waals surface area contributed by atoms with Gasteiger partial charge in [-0.25, -0.2) is 4.98 Å². The summed E-state index contributed by atoms with van der Waals surface area (Å²) in [4.78, 5) is 6.58. The van der Waals surface area contributed by atoms with Crippen LogP contribution in [-0.2, 0) is 5.75 Å². The van der Waals surface area contributed by atoms with Crippen molar-refractivity contribution in [1.29, 1.82) is 0 Å². The van der Waals surface area contributed by atoms with Crippen molar-refractivity contribution >= 4 is 45.3 Å². The van der Waals surface area contributed by atoms with Gasteiger partial charge in [0, 0.05) is 34.1 Å². The standard InChI is InChI=1S/C12H10ClN3S2/c13-10-5-8(14)1-2-11(10)18-7-9-6-16-3-4-17-12(16)15-9/h1-6H,7,14H2. The van der Waals surface area contributed by atoms with Gasteiger partial charge in [-0.15, -0.1) is 23.1 Å². The number of nitrogens with zero attached hydrogens (tertiary/aromatic N) is 2. The fraction of sp³-hybridized carbons (Fsp3) is 0.0833. The Kier molecular flexibility index (Phi) is 3.20. The number of benzene rings is 1. The summed E-state index contributed by atoms with van der Waals surface area (Å²) in [6.45, 7) is 0. The molecule has 0 saturated heterocycles. The second kappa shape index (κ2) is 4.84. The first-order valence-corrected chi connectivity index (χ1v) is 7.55. The van der Waals surface area contributed by atoms with Crippen LogP contribution >= 0.6 is 34.7 Å². The highest BCUT2D eigenvalue weighted by atomic mass is 35.5. The molecule has 0 fully saturated rings. The van der Waals surface area contributed by atoms with Gasteiger partial charge in [0.15, 0.2) is 4.96 Å². The van der Waals surface area contributed by atoms with Gasteiger partial charge in [0.25, 0.3) is 0 Å². The summed E-state index contributed by atoms with van der Waals surface area (Å²) in [5.74, 6) is 0.804. The van der Waals surface area contributed by atoms with Crippen LogP contribution in [0.4, 0.5) is 5.69 Å². The lowest BCUT2D eigenvalue weighted by molar-refractivity contribution is 1.21.